The Morgan fingerprint density at radius 2 is 2.39 bits per heavy atom. The molecule has 0 amide bonds. The molecule has 6 nitrogen and oxygen atoms in total. The highest BCUT2D eigenvalue weighted by Gasteiger charge is 2.19. The van der Waals surface area contributed by atoms with Crippen LogP contribution in [0.15, 0.2) is 18.3 Å². The van der Waals surface area contributed by atoms with Crippen molar-refractivity contribution in [2.75, 3.05) is 18.5 Å². The van der Waals surface area contributed by atoms with Gasteiger partial charge in [0.25, 0.3) is 0 Å². The molecule has 3 heterocycles. The molecule has 0 radical (unpaired) electrons. The van der Waals surface area contributed by atoms with Gasteiger partial charge in [-0.15, -0.1) is 0 Å². The van der Waals surface area contributed by atoms with E-state index in [0.717, 1.165) is 25.3 Å². The van der Waals surface area contributed by atoms with E-state index in [0.29, 0.717) is 17.6 Å². The molecule has 1 saturated heterocycles. The summed E-state index contributed by atoms with van der Waals surface area (Å²) in [7, 11) is 0. The summed E-state index contributed by atoms with van der Waals surface area (Å²) in [5, 5.41) is 10.5. The van der Waals surface area contributed by atoms with Gasteiger partial charge in [-0.1, -0.05) is 0 Å². The zero-order valence-electron chi connectivity index (χ0n) is 9.56. The molecule has 1 fully saturated rings. The molecular formula is C11H12ClN5O. The van der Waals surface area contributed by atoms with Crippen molar-refractivity contribution in [1.29, 1.82) is 0 Å². The lowest BCUT2D eigenvalue weighted by Crippen LogP contribution is -1.97. The Kier molecular flexibility index (Phi) is 3.12. The number of anilines is 2. The fraction of sp³-hybridized carbons (Fsp3) is 0.364. The largest absolute Gasteiger partial charge is 0.381 e. The van der Waals surface area contributed by atoms with Crippen LogP contribution < -0.4 is 5.32 Å². The van der Waals surface area contributed by atoms with Crippen LogP contribution in [0.3, 0.4) is 0 Å². The molecule has 3 rings (SSSR count). The fourth-order valence-corrected chi connectivity index (χ4v) is 2.07. The van der Waals surface area contributed by atoms with Gasteiger partial charge in [-0.25, -0.2) is 9.97 Å². The van der Waals surface area contributed by atoms with E-state index in [1.165, 1.54) is 0 Å². The fourth-order valence-electron chi connectivity index (χ4n) is 1.93. The number of hydrogen-bond acceptors (Lipinski definition) is 5. The second-order valence-corrected chi connectivity index (χ2v) is 4.44. The molecule has 1 aliphatic heterocycles. The highest BCUT2D eigenvalue weighted by atomic mass is 35.5. The molecule has 2 aromatic rings. The van der Waals surface area contributed by atoms with E-state index < -0.39 is 0 Å². The van der Waals surface area contributed by atoms with Gasteiger partial charge in [0.05, 0.1) is 6.61 Å². The van der Waals surface area contributed by atoms with Gasteiger partial charge in [0.1, 0.15) is 5.82 Å². The minimum Gasteiger partial charge on any atom is -0.381 e. The van der Waals surface area contributed by atoms with Gasteiger partial charge >= 0.3 is 0 Å². The van der Waals surface area contributed by atoms with Crippen molar-refractivity contribution in [3.8, 4) is 0 Å². The second kappa shape index (κ2) is 4.91. The molecule has 0 aromatic carbocycles. The molecule has 94 valence electrons. The number of rotatable bonds is 3. The van der Waals surface area contributed by atoms with Crippen molar-refractivity contribution < 1.29 is 4.74 Å². The van der Waals surface area contributed by atoms with E-state index in [1.54, 1.807) is 12.3 Å². The third kappa shape index (κ3) is 2.44. The summed E-state index contributed by atoms with van der Waals surface area (Å²) in [5.41, 5.74) is 1.08. The zero-order valence-corrected chi connectivity index (χ0v) is 10.3. The maximum Gasteiger partial charge on any atom is 0.224 e. The number of H-pyrrole nitrogens is 1. The Morgan fingerprint density at radius 1 is 1.44 bits per heavy atom. The monoisotopic (exact) mass is 265 g/mol. The summed E-state index contributed by atoms with van der Waals surface area (Å²) < 4.78 is 5.35. The van der Waals surface area contributed by atoms with E-state index in [-0.39, 0.29) is 5.28 Å². The van der Waals surface area contributed by atoms with Gasteiger partial charge in [0.15, 0.2) is 5.82 Å². The Morgan fingerprint density at radius 3 is 3.17 bits per heavy atom. The molecule has 2 aromatic heterocycles. The van der Waals surface area contributed by atoms with Gasteiger partial charge in [0.2, 0.25) is 5.28 Å². The Balaban J connectivity index is 1.73. The van der Waals surface area contributed by atoms with E-state index in [2.05, 4.69) is 25.5 Å². The lowest BCUT2D eigenvalue weighted by Gasteiger charge is -2.02. The predicted molar refractivity (Wildman–Crippen MR) is 67.1 cm³/mol. The Hall–Kier alpha value is -1.66. The van der Waals surface area contributed by atoms with Crippen LogP contribution >= 0.6 is 11.6 Å². The molecule has 1 unspecified atom stereocenters. The molecule has 1 atom stereocenters. The first-order valence-electron chi connectivity index (χ1n) is 5.70. The molecule has 1 aliphatic rings. The number of aromatic amines is 1. The van der Waals surface area contributed by atoms with Gasteiger partial charge in [-0.2, -0.15) is 5.10 Å². The van der Waals surface area contributed by atoms with Crippen molar-refractivity contribution in [2.24, 2.45) is 0 Å². The van der Waals surface area contributed by atoms with Gasteiger partial charge in [-0.05, 0) is 24.1 Å². The normalized spacial score (nSPS) is 19.1. The molecule has 2 N–H and O–H groups in total. The van der Waals surface area contributed by atoms with Crippen molar-refractivity contribution in [1.82, 2.24) is 20.2 Å². The molecule has 0 bridgehead atoms. The van der Waals surface area contributed by atoms with Gasteiger partial charge < -0.3 is 10.1 Å². The van der Waals surface area contributed by atoms with Gasteiger partial charge in [0, 0.05) is 30.5 Å². The van der Waals surface area contributed by atoms with Crippen LogP contribution in [0.2, 0.25) is 5.28 Å². The SMILES string of the molecule is Clc1nccc(Nc2cc(C3CCOC3)[nH]n2)n1. The lowest BCUT2D eigenvalue weighted by atomic mass is 10.1. The van der Waals surface area contributed by atoms with Crippen LogP contribution in [0.25, 0.3) is 0 Å². The minimum atomic E-state index is 0.208. The average molecular weight is 266 g/mol. The summed E-state index contributed by atoms with van der Waals surface area (Å²) in [6.45, 7) is 1.56. The Bertz CT molecular complexity index is 538. The second-order valence-electron chi connectivity index (χ2n) is 4.10. The smallest absolute Gasteiger partial charge is 0.224 e. The van der Waals surface area contributed by atoms with Crippen LogP contribution in [-0.4, -0.2) is 33.4 Å². The van der Waals surface area contributed by atoms with E-state index >= 15 is 0 Å². The lowest BCUT2D eigenvalue weighted by molar-refractivity contribution is 0.193. The first-order valence-corrected chi connectivity index (χ1v) is 6.08. The van der Waals surface area contributed by atoms with Crippen LogP contribution in [0.1, 0.15) is 18.0 Å². The highest BCUT2D eigenvalue weighted by molar-refractivity contribution is 6.28. The number of aromatic nitrogens is 4. The molecule has 0 spiro atoms. The maximum atomic E-state index is 5.71. The summed E-state index contributed by atoms with van der Waals surface area (Å²) in [5.74, 6) is 1.74. The molecule has 18 heavy (non-hydrogen) atoms. The third-order valence-corrected chi connectivity index (χ3v) is 3.03. The number of ether oxygens (including phenoxy) is 1. The van der Waals surface area contributed by atoms with Crippen LogP contribution in [0.5, 0.6) is 0 Å². The first-order chi connectivity index (χ1) is 8.81. The molecule has 0 saturated carbocycles. The van der Waals surface area contributed by atoms with E-state index in [4.69, 9.17) is 16.3 Å². The zero-order chi connectivity index (χ0) is 12.4. The third-order valence-electron chi connectivity index (χ3n) is 2.85. The van der Waals surface area contributed by atoms with Crippen molar-refractivity contribution in [2.45, 2.75) is 12.3 Å². The topological polar surface area (TPSA) is 75.7 Å². The number of hydrogen-bond donors (Lipinski definition) is 2. The van der Waals surface area contributed by atoms with Crippen LogP contribution in [-0.2, 0) is 4.74 Å². The number of nitrogens with zero attached hydrogens (tertiary/aromatic N) is 3. The standard InChI is InChI=1S/C11H12ClN5O/c12-11-13-3-1-9(15-11)14-10-5-8(16-17-10)7-2-4-18-6-7/h1,3,5,7H,2,4,6H2,(H2,13,14,15,16,17). The summed E-state index contributed by atoms with van der Waals surface area (Å²) in [6.07, 6.45) is 2.62. The Labute approximate surface area is 109 Å². The number of halogens is 1. The average Bonchev–Trinajstić information content (AvgIpc) is 2.98. The van der Waals surface area contributed by atoms with Gasteiger partial charge in [-0.3, -0.25) is 5.10 Å². The van der Waals surface area contributed by atoms with Crippen LogP contribution in [0, 0.1) is 0 Å². The molecular weight excluding hydrogens is 254 g/mol. The van der Waals surface area contributed by atoms with Crippen LogP contribution in [0.4, 0.5) is 11.6 Å². The summed E-state index contributed by atoms with van der Waals surface area (Å²) in [4.78, 5) is 7.86. The first kappa shape index (κ1) is 11.4. The predicted octanol–water partition coefficient (Wildman–Crippen LogP) is 2.10. The summed E-state index contributed by atoms with van der Waals surface area (Å²) in [6, 6.07) is 3.70. The van der Waals surface area contributed by atoms with Crippen molar-refractivity contribution >= 4 is 23.2 Å². The van der Waals surface area contributed by atoms with Crippen molar-refractivity contribution in [3.63, 3.8) is 0 Å². The molecule has 7 heteroatoms. The minimum absolute atomic E-state index is 0.208. The van der Waals surface area contributed by atoms with E-state index in [9.17, 15) is 0 Å². The number of nitrogens with one attached hydrogen (secondary N) is 2. The van der Waals surface area contributed by atoms with E-state index in [1.807, 2.05) is 6.07 Å². The summed E-state index contributed by atoms with van der Waals surface area (Å²) >= 11 is 5.71. The maximum absolute atomic E-state index is 5.71. The highest BCUT2D eigenvalue weighted by Crippen LogP contribution is 2.25. The molecule has 0 aliphatic carbocycles. The van der Waals surface area contributed by atoms with Crippen molar-refractivity contribution in [3.05, 3.63) is 29.3 Å². The quantitative estimate of drug-likeness (QED) is 0.831.